The highest BCUT2D eigenvalue weighted by molar-refractivity contribution is 9.10. The van der Waals surface area contributed by atoms with E-state index in [1.54, 1.807) is 30.6 Å². The predicted octanol–water partition coefficient (Wildman–Crippen LogP) is 2.82. The minimum atomic E-state index is -0.205. The highest BCUT2D eigenvalue weighted by Crippen LogP contribution is 2.18. The van der Waals surface area contributed by atoms with E-state index in [-0.39, 0.29) is 12.5 Å². The first-order chi connectivity index (χ1) is 8.66. The fourth-order valence-electron chi connectivity index (χ4n) is 1.34. The van der Waals surface area contributed by atoms with E-state index in [4.69, 9.17) is 11.6 Å². The predicted molar refractivity (Wildman–Crippen MR) is 72.4 cm³/mol. The summed E-state index contributed by atoms with van der Waals surface area (Å²) in [4.78, 5) is 19.8. The summed E-state index contributed by atoms with van der Waals surface area (Å²) in [5, 5.41) is 3.24. The molecule has 0 aliphatic carbocycles. The van der Waals surface area contributed by atoms with E-state index < -0.39 is 0 Å². The molecule has 0 unspecified atom stereocenters. The molecule has 0 saturated carbocycles. The van der Waals surface area contributed by atoms with Gasteiger partial charge in [-0.05, 0) is 34.1 Å². The van der Waals surface area contributed by atoms with Gasteiger partial charge in [0.15, 0.2) is 0 Å². The molecule has 2 aromatic heterocycles. The molecule has 6 heteroatoms. The molecule has 92 valence electrons. The van der Waals surface area contributed by atoms with Crippen molar-refractivity contribution >= 4 is 33.4 Å². The van der Waals surface area contributed by atoms with Gasteiger partial charge in [-0.3, -0.25) is 14.8 Å². The van der Waals surface area contributed by atoms with E-state index in [9.17, 15) is 4.79 Å². The minimum absolute atomic E-state index is 0.205. The molecule has 0 atom stereocenters. The fourth-order valence-corrected chi connectivity index (χ4v) is 2.03. The molecule has 2 rings (SSSR count). The first-order valence-electron chi connectivity index (χ1n) is 5.15. The van der Waals surface area contributed by atoms with Crippen molar-refractivity contribution in [1.82, 2.24) is 15.3 Å². The van der Waals surface area contributed by atoms with Gasteiger partial charge in [-0.15, -0.1) is 0 Å². The van der Waals surface area contributed by atoms with E-state index in [1.165, 1.54) is 6.20 Å². The van der Waals surface area contributed by atoms with Crippen molar-refractivity contribution in [3.05, 3.63) is 57.5 Å². The van der Waals surface area contributed by atoms with Crippen LogP contribution >= 0.6 is 27.5 Å². The Morgan fingerprint density at radius 2 is 2.28 bits per heavy atom. The van der Waals surface area contributed by atoms with Crippen molar-refractivity contribution in [2.45, 2.75) is 6.54 Å². The monoisotopic (exact) mass is 325 g/mol. The summed E-state index contributed by atoms with van der Waals surface area (Å²) in [6, 6.07) is 5.14. The Balaban J connectivity index is 2.02. The molecular weight excluding hydrogens is 318 g/mol. The molecule has 1 N–H and O–H groups in total. The molecule has 0 aliphatic heterocycles. The summed E-state index contributed by atoms with van der Waals surface area (Å²) in [6.45, 7) is 0.278. The van der Waals surface area contributed by atoms with Gasteiger partial charge in [-0.25, -0.2) is 0 Å². The lowest BCUT2D eigenvalue weighted by Crippen LogP contribution is -2.23. The third-order valence-electron chi connectivity index (χ3n) is 2.22. The van der Waals surface area contributed by atoms with Crippen LogP contribution in [0.5, 0.6) is 0 Å². The van der Waals surface area contributed by atoms with Gasteiger partial charge in [-0.2, -0.15) is 0 Å². The van der Waals surface area contributed by atoms with E-state index in [1.807, 2.05) is 0 Å². The molecule has 0 saturated heterocycles. The number of carbonyl (C=O) groups excluding carboxylic acids is 1. The van der Waals surface area contributed by atoms with Crippen LogP contribution in [0.1, 0.15) is 16.1 Å². The number of nitrogens with one attached hydrogen (secondary N) is 1. The fraction of sp³-hybridized carbons (Fsp3) is 0.0833. The van der Waals surface area contributed by atoms with Crippen LogP contribution in [0.2, 0.25) is 5.02 Å². The van der Waals surface area contributed by atoms with Gasteiger partial charge in [0.1, 0.15) is 0 Å². The van der Waals surface area contributed by atoms with Crippen LogP contribution in [0.25, 0.3) is 0 Å². The average Bonchev–Trinajstić information content (AvgIpc) is 2.38. The van der Waals surface area contributed by atoms with E-state index >= 15 is 0 Å². The van der Waals surface area contributed by atoms with Gasteiger partial charge in [0.2, 0.25) is 0 Å². The lowest BCUT2D eigenvalue weighted by Gasteiger charge is -2.06. The number of carbonyl (C=O) groups is 1. The van der Waals surface area contributed by atoms with E-state index in [0.29, 0.717) is 16.3 Å². The minimum Gasteiger partial charge on any atom is -0.346 e. The zero-order chi connectivity index (χ0) is 13.0. The topological polar surface area (TPSA) is 54.9 Å². The largest absolute Gasteiger partial charge is 0.346 e. The quantitative estimate of drug-likeness (QED) is 0.943. The van der Waals surface area contributed by atoms with Gasteiger partial charge in [0, 0.05) is 23.1 Å². The summed E-state index contributed by atoms with van der Waals surface area (Å²) in [5.41, 5.74) is 1.13. The highest BCUT2D eigenvalue weighted by Gasteiger charge is 2.07. The van der Waals surface area contributed by atoms with E-state index in [2.05, 4.69) is 31.2 Å². The number of pyridine rings is 2. The van der Waals surface area contributed by atoms with E-state index in [0.717, 1.165) is 4.47 Å². The molecule has 0 aliphatic rings. The number of nitrogens with zero attached hydrogens (tertiary/aromatic N) is 2. The molecule has 0 radical (unpaired) electrons. The molecule has 18 heavy (non-hydrogen) atoms. The third kappa shape index (κ3) is 3.27. The Morgan fingerprint density at radius 1 is 1.44 bits per heavy atom. The summed E-state index contributed by atoms with van der Waals surface area (Å²) in [5.74, 6) is -0.205. The van der Waals surface area contributed by atoms with Crippen LogP contribution in [0.3, 0.4) is 0 Å². The summed E-state index contributed by atoms with van der Waals surface area (Å²) in [6.07, 6.45) is 4.76. The van der Waals surface area contributed by atoms with Crippen LogP contribution < -0.4 is 5.32 Å². The SMILES string of the molecule is O=C(NCc1ncc(Br)cc1Cl)c1cccnc1. The standard InChI is InChI=1S/C12H9BrClN3O/c13-9-4-10(14)11(16-6-9)7-17-12(18)8-2-1-3-15-5-8/h1-6H,7H2,(H,17,18). The van der Waals surface area contributed by atoms with Crippen molar-refractivity contribution in [3.63, 3.8) is 0 Å². The van der Waals surface area contributed by atoms with Crippen LogP contribution in [-0.2, 0) is 6.54 Å². The van der Waals surface area contributed by atoms with Crippen molar-refractivity contribution in [1.29, 1.82) is 0 Å². The number of rotatable bonds is 3. The second-order valence-corrected chi connectivity index (χ2v) is 4.83. The second kappa shape index (κ2) is 5.93. The van der Waals surface area contributed by atoms with Gasteiger partial charge in [-0.1, -0.05) is 11.6 Å². The lowest BCUT2D eigenvalue weighted by molar-refractivity contribution is 0.0950. The van der Waals surface area contributed by atoms with Crippen LogP contribution in [-0.4, -0.2) is 15.9 Å². The van der Waals surface area contributed by atoms with Gasteiger partial charge in [0.05, 0.1) is 22.8 Å². The zero-order valence-electron chi connectivity index (χ0n) is 9.23. The maximum absolute atomic E-state index is 11.8. The average molecular weight is 327 g/mol. The van der Waals surface area contributed by atoms with Crippen LogP contribution in [0.4, 0.5) is 0 Å². The Bertz CT molecular complexity index is 563. The second-order valence-electron chi connectivity index (χ2n) is 3.51. The molecule has 2 aromatic rings. The van der Waals surface area contributed by atoms with Crippen LogP contribution in [0, 0.1) is 0 Å². The molecular formula is C12H9BrClN3O. The lowest BCUT2D eigenvalue weighted by atomic mass is 10.2. The Morgan fingerprint density at radius 3 is 2.94 bits per heavy atom. The van der Waals surface area contributed by atoms with Gasteiger partial charge >= 0.3 is 0 Å². The molecule has 0 bridgehead atoms. The summed E-state index contributed by atoms with van der Waals surface area (Å²) >= 11 is 9.27. The highest BCUT2D eigenvalue weighted by atomic mass is 79.9. The smallest absolute Gasteiger partial charge is 0.253 e. The first kappa shape index (κ1) is 13.0. The number of halogens is 2. The molecule has 0 aromatic carbocycles. The summed E-state index contributed by atoms with van der Waals surface area (Å²) < 4.78 is 0.801. The Kier molecular flexibility index (Phi) is 4.28. The number of aromatic nitrogens is 2. The number of hydrogen-bond acceptors (Lipinski definition) is 3. The van der Waals surface area contributed by atoms with Crippen LogP contribution in [0.15, 0.2) is 41.3 Å². The maximum atomic E-state index is 11.8. The third-order valence-corrected chi connectivity index (χ3v) is 2.99. The Labute approximate surface area is 118 Å². The van der Waals surface area contributed by atoms with Gasteiger partial charge in [0.25, 0.3) is 5.91 Å². The molecule has 0 spiro atoms. The van der Waals surface area contributed by atoms with Crippen molar-refractivity contribution in [2.75, 3.05) is 0 Å². The number of amides is 1. The summed E-state index contributed by atoms with van der Waals surface area (Å²) in [7, 11) is 0. The Hall–Kier alpha value is -1.46. The molecule has 1 amide bonds. The van der Waals surface area contributed by atoms with Crippen molar-refractivity contribution in [3.8, 4) is 0 Å². The zero-order valence-corrected chi connectivity index (χ0v) is 11.6. The molecule has 0 fully saturated rings. The van der Waals surface area contributed by atoms with Crippen molar-refractivity contribution in [2.24, 2.45) is 0 Å². The van der Waals surface area contributed by atoms with Crippen molar-refractivity contribution < 1.29 is 4.79 Å². The van der Waals surface area contributed by atoms with Gasteiger partial charge < -0.3 is 5.32 Å². The molecule has 2 heterocycles. The maximum Gasteiger partial charge on any atom is 0.253 e. The number of hydrogen-bond donors (Lipinski definition) is 1. The first-order valence-corrected chi connectivity index (χ1v) is 6.32. The molecule has 4 nitrogen and oxygen atoms in total. The normalized spacial score (nSPS) is 10.1.